The number of para-hydroxylation sites is 1. The van der Waals surface area contributed by atoms with Crippen LogP contribution in [-0.2, 0) is 16.0 Å². The van der Waals surface area contributed by atoms with E-state index in [-0.39, 0.29) is 11.8 Å². The van der Waals surface area contributed by atoms with Gasteiger partial charge in [0.15, 0.2) is 0 Å². The Kier molecular flexibility index (Phi) is 7.45. The average molecular weight is 400 g/mol. The number of benzene rings is 1. The van der Waals surface area contributed by atoms with Crippen LogP contribution in [0.1, 0.15) is 5.56 Å². The van der Waals surface area contributed by atoms with Gasteiger partial charge in [-0.2, -0.15) is 13.2 Å². The molecule has 1 N–H and O–H groups in total. The van der Waals surface area contributed by atoms with Gasteiger partial charge in [0.05, 0.1) is 5.92 Å². The second-order valence-corrected chi connectivity index (χ2v) is 6.54. The molecule has 28 heavy (non-hydrogen) atoms. The number of carboxylic acids is 1. The summed E-state index contributed by atoms with van der Waals surface area (Å²) >= 11 is 0. The molecule has 0 aromatic heterocycles. The van der Waals surface area contributed by atoms with Crippen LogP contribution in [0.5, 0.6) is 5.75 Å². The molecule has 1 amide bonds. The largest absolute Gasteiger partial charge is 0.492 e. The van der Waals surface area contributed by atoms with Gasteiger partial charge in [-0.3, -0.25) is 9.69 Å². The number of alkyl halides is 3. The smallest absolute Gasteiger partial charge is 0.490 e. The summed E-state index contributed by atoms with van der Waals surface area (Å²) in [6.45, 7) is 8.66. The van der Waals surface area contributed by atoms with E-state index in [9.17, 15) is 18.0 Å². The number of hydrogen-bond donors (Lipinski definition) is 1. The molecular weight excluding hydrogens is 377 g/mol. The molecule has 0 radical (unpaired) electrons. The second kappa shape index (κ2) is 9.59. The molecule has 154 valence electrons. The number of ether oxygens (including phenoxy) is 1. The van der Waals surface area contributed by atoms with Gasteiger partial charge >= 0.3 is 12.1 Å². The molecule has 1 aromatic carbocycles. The maximum absolute atomic E-state index is 12.6. The molecule has 1 fully saturated rings. The zero-order valence-electron chi connectivity index (χ0n) is 15.3. The molecule has 2 aliphatic rings. The van der Waals surface area contributed by atoms with Crippen molar-refractivity contribution in [1.82, 2.24) is 9.80 Å². The van der Waals surface area contributed by atoms with Crippen LogP contribution in [0.3, 0.4) is 0 Å². The number of amides is 1. The van der Waals surface area contributed by atoms with E-state index in [1.165, 1.54) is 0 Å². The molecule has 6 nitrogen and oxygen atoms in total. The topological polar surface area (TPSA) is 70.1 Å². The van der Waals surface area contributed by atoms with Crippen LogP contribution in [0.2, 0.25) is 0 Å². The lowest BCUT2D eigenvalue weighted by atomic mass is 9.95. The Morgan fingerprint density at radius 3 is 2.39 bits per heavy atom. The zero-order chi connectivity index (χ0) is 20.7. The summed E-state index contributed by atoms with van der Waals surface area (Å²) in [6.07, 6.45) is -2.37. The van der Waals surface area contributed by atoms with E-state index in [4.69, 9.17) is 14.6 Å². The minimum Gasteiger partial charge on any atom is -0.492 e. The van der Waals surface area contributed by atoms with Gasteiger partial charge in [0.25, 0.3) is 0 Å². The highest BCUT2D eigenvalue weighted by Crippen LogP contribution is 2.27. The van der Waals surface area contributed by atoms with Crippen molar-refractivity contribution in [2.24, 2.45) is 5.92 Å². The molecule has 3 rings (SSSR count). The van der Waals surface area contributed by atoms with Crippen molar-refractivity contribution in [3.05, 3.63) is 42.5 Å². The van der Waals surface area contributed by atoms with E-state index in [2.05, 4.69) is 17.5 Å². The summed E-state index contributed by atoms with van der Waals surface area (Å²) in [6, 6.07) is 8.00. The van der Waals surface area contributed by atoms with E-state index in [0.717, 1.165) is 50.5 Å². The van der Waals surface area contributed by atoms with E-state index < -0.39 is 12.1 Å². The maximum Gasteiger partial charge on any atom is 0.490 e. The third-order valence-corrected chi connectivity index (χ3v) is 4.54. The normalized spacial score (nSPS) is 19.5. The molecule has 9 heteroatoms. The van der Waals surface area contributed by atoms with Crippen molar-refractivity contribution < 1.29 is 32.6 Å². The van der Waals surface area contributed by atoms with Gasteiger partial charge in [0.2, 0.25) is 5.91 Å². The van der Waals surface area contributed by atoms with Crippen LogP contribution in [0.15, 0.2) is 36.9 Å². The monoisotopic (exact) mass is 400 g/mol. The first-order chi connectivity index (χ1) is 13.2. The van der Waals surface area contributed by atoms with E-state index in [1.54, 1.807) is 0 Å². The lowest BCUT2D eigenvalue weighted by molar-refractivity contribution is -0.192. The highest BCUT2D eigenvalue weighted by atomic mass is 19.4. The third-order valence-electron chi connectivity index (χ3n) is 4.54. The van der Waals surface area contributed by atoms with Crippen molar-refractivity contribution >= 4 is 11.9 Å². The fourth-order valence-electron chi connectivity index (χ4n) is 3.08. The summed E-state index contributed by atoms with van der Waals surface area (Å²) < 4.78 is 37.5. The molecule has 0 aliphatic carbocycles. The number of aliphatic carboxylic acids is 1. The summed E-state index contributed by atoms with van der Waals surface area (Å²) in [4.78, 5) is 25.8. The average Bonchev–Trinajstić information content (AvgIpc) is 2.67. The first-order valence-electron chi connectivity index (χ1n) is 8.85. The number of carbonyl (C=O) groups excluding carboxylic acids is 1. The van der Waals surface area contributed by atoms with Gasteiger partial charge in [0.1, 0.15) is 12.4 Å². The minimum atomic E-state index is -5.08. The zero-order valence-corrected chi connectivity index (χ0v) is 15.3. The van der Waals surface area contributed by atoms with Crippen LogP contribution >= 0.6 is 0 Å². The SMILES string of the molecule is C=CCN1CCN(C(=O)C2COc3ccccc3C2)CC1.O=C(O)C(F)(F)F. The third kappa shape index (κ3) is 5.98. The van der Waals surface area contributed by atoms with Gasteiger partial charge in [-0.05, 0) is 18.1 Å². The fourth-order valence-corrected chi connectivity index (χ4v) is 3.08. The Balaban J connectivity index is 0.000000345. The molecule has 0 saturated carbocycles. The predicted molar refractivity (Wildman–Crippen MR) is 96.0 cm³/mol. The van der Waals surface area contributed by atoms with Crippen LogP contribution in [0.4, 0.5) is 13.2 Å². The number of piperazine rings is 1. The Morgan fingerprint density at radius 1 is 1.21 bits per heavy atom. The molecular formula is C19H23F3N2O4. The first kappa shape index (κ1) is 21.7. The van der Waals surface area contributed by atoms with Gasteiger partial charge in [-0.1, -0.05) is 24.3 Å². The number of rotatable bonds is 3. The molecule has 0 spiro atoms. The minimum absolute atomic E-state index is 0.0362. The van der Waals surface area contributed by atoms with Gasteiger partial charge in [-0.15, -0.1) is 6.58 Å². The van der Waals surface area contributed by atoms with Gasteiger partial charge < -0.3 is 14.7 Å². The van der Waals surface area contributed by atoms with Gasteiger partial charge in [0, 0.05) is 32.7 Å². The first-order valence-corrected chi connectivity index (χ1v) is 8.85. The summed E-state index contributed by atoms with van der Waals surface area (Å²) in [5.74, 6) is -1.63. The molecule has 1 aromatic rings. The van der Waals surface area contributed by atoms with Crippen molar-refractivity contribution in [3.8, 4) is 5.75 Å². The maximum atomic E-state index is 12.6. The van der Waals surface area contributed by atoms with Crippen molar-refractivity contribution in [2.75, 3.05) is 39.3 Å². The standard InChI is InChI=1S/C17H22N2O2.C2HF3O2/c1-2-7-18-8-10-19(11-9-18)17(20)15-12-14-5-3-4-6-16(14)21-13-15;3-2(4,5)1(6)7/h2-6,15H,1,7-13H2;(H,6,7). The second-order valence-electron chi connectivity index (χ2n) is 6.54. The Bertz CT molecular complexity index is 701. The molecule has 0 bridgehead atoms. The van der Waals surface area contributed by atoms with Crippen molar-refractivity contribution in [2.45, 2.75) is 12.6 Å². The quantitative estimate of drug-likeness (QED) is 0.788. The lowest BCUT2D eigenvalue weighted by Gasteiger charge is -2.36. The van der Waals surface area contributed by atoms with E-state index >= 15 is 0 Å². The molecule has 2 aliphatic heterocycles. The highest BCUT2D eigenvalue weighted by Gasteiger charge is 2.38. The molecule has 1 unspecified atom stereocenters. The summed E-state index contributed by atoms with van der Waals surface area (Å²) in [7, 11) is 0. The number of carboxylic acid groups (broad SMARTS) is 1. The number of carbonyl (C=O) groups is 2. The van der Waals surface area contributed by atoms with Crippen LogP contribution in [0.25, 0.3) is 0 Å². The summed E-state index contributed by atoms with van der Waals surface area (Å²) in [5, 5.41) is 7.12. The van der Waals surface area contributed by atoms with Crippen molar-refractivity contribution in [1.29, 1.82) is 0 Å². The van der Waals surface area contributed by atoms with E-state index in [1.807, 2.05) is 29.2 Å². The molecule has 1 atom stereocenters. The van der Waals surface area contributed by atoms with E-state index in [0.29, 0.717) is 6.61 Å². The Labute approximate surface area is 161 Å². The number of fused-ring (bicyclic) bond motifs is 1. The number of halogens is 3. The molecule has 1 saturated heterocycles. The predicted octanol–water partition coefficient (Wildman–Crippen LogP) is 2.20. The lowest BCUT2D eigenvalue weighted by Crippen LogP contribution is -2.51. The highest BCUT2D eigenvalue weighted by molar-refractivity contribution is 5.80. The Morgan fingerprint density at radius 2 is 1.82 bits per heavy atom. The van der Waals surface area contributed by atoms with Crippen LogP contribution in [-0.4, -0.2) is 72.3 Å². The Hall–Kier alpha value is -2.55. The van der Waals surface area contributed by atoms with Gasteiger partial charge in [-0.25, -0.2) is 4.79 Å². The van der Waals surface area contributed by atoms with Crippen LogP contribution in [0, 0.1) is 5.92 Å². The number of hydrogen-bond acceptors (Lipinski definition) is 4. The summed E-state index contributed by atoms with van der Waals surface area (Å²) in [5.41, 5.74) is 1.15. The van der Waals surface area contributed by atoms with Crippen molar-refractivity contribution in [3.63, 3.8) is 0 Å². The fraction of sp³-hybridized carbons (Fsp3) is 0.474. The molecule has 2 heterocycles. The van der Waals surface area contributed by atoms with Crippen LogP contribution < -0.4 is 4.74 Å². The number of nitrogens with zero attached hydrogens (tertiary/aromatic N) is 2.